The first-order valence-electron chi connectivity index (χ1n) is 5.71. The van der Waals surface area contributed by atoms with Gasteiger partial charge < -0.3 is 10.5 Å². The van der Waals surface area contributed by atoms with E-state index < -0.39 is 0 Å². The van der Waals surface area contributed by atoms with Crippen LogP contribution in [0.25, 0.3) is 0 Å². The van der Waals surface area contributed by atoms with Gasteiger partial charge >= 0.3 is 0 Å². The van der Waals surface area contributed by atoms with Crippen LogP contribution in [0.2, 0.25) is 0 Å². The molecule has 2 rings (SSSR count). The molecule has 18 heavy (non-hydrogen) atoms. The van der Waals surface area contributed by atoms with Crippen molar-refractivity contribution in [2.24, 2.45) is 5.73 Å². The highest BCUT2D eigenvalue weighted by Crippen LogP contribution is 2.29. The lowest BCUT2D eigenvalue weighted by Crippen LogP contribution is -2.30. The minimum absolute atomic E-state index is 0.0235. The van der Waals surface area contributed by atoms with Crippen LogP contribution in [0, 0.1) is 3.57 Å². The van der Waals surface area contributed by atoms with Crippen LogP contribution in [0.1, 0.15) is 18.5 Å². The number of para-hydroxylation sites is 1. The number of hydrogen-bond donors (Lipinski definition) is 1. The fourth-order valence-electron chi connectivity index (χ4n) is 2.04. The van der Waals surface area contributed by atoms with Gasteiger partial charge in [-0.05, 0) is 35.6 Å². The van der Waals surface area contributed by atoms with Crippen LogP contribution in [-0.2, 0) is 0 Å². The lowest BCUT2D eigenvalue weighted by molar-refractivity contribution is 0.385. The predicted molar refractivity (Wildman–Crippen MR) is 79.7 cm³/mol. The van der Waals surface area contributed by atoms with Gasteiger partial charge in [0.1, 0.15) is 5.75 Å². The number of hydrogen-bond acceptors (Lipinski definition) is 3. The van der Waals surface area contributed by atoms with Crippen LogP contribution in [0.4, 0.5) is 0 Å². The summed E-state index contributed by atoms with van der Waals surface area (Å²) in [6.45, 7) is 1.98. The summed E-state index contributed by atoms with van der Waals surface area (Å²) in [6.07, 6.45) is 3.81. The van der Waals surface area contributed by atoms with Crippen molar-refractivity contribution in [1.82, 2.24) is 9.78 Å². The summed E-state index contributed by atoms with van der Waals surface area (Å²) in [7, 11) is 1.67. The van der Waals surface area contributed by atoms with Crippen molar-refractivity contribution in [2.75, 3.05) is 7.11 Å². The molecular weight excluding hydrogens is 341 g/mol. The molecule has 5 heteroatoms. The van der Waals surface area contributed by atoms with Crippen LogP contribution in [0.3, 0.4) is 0 Å². The van der Waals surface area contributed by atoms with E-state index >= 15 is 0 Å². The average Bonchev–Trinajstić information content (AvgIpc) is 2.76. The SMILES string of the molecule is COc1ccccc1C(C(C)N)n1cc(I)cn1. The van der Waals surface area contributed by atoms with Crippen molar-refractivity contribution in [3.05, 3.63) is 45.8 Å². The number of aromatic nitrogens is 2. The highest BCUT2D eigenvalue weighted by molar-refractivity contribution is 14.1. The van der Waals surface area contributed by atoms with Crippen LogP contribution >= 0.6 is 22.6 Å². The molecule has 96 valence electrons. The van der Waals surface area contributed by atoms with Crippen molar-refractivity contribution in [2.45, 2.75) is 19.0 Å². The first-order chi connectivity index (χ1) is 8.63. The molecule has 0 saturated carbocycles. The number of ether oxygens (including phenoxy) is 1. The largest absolute Gasteiger partial charge is 0.496 e. The number of benzene rings is 1. The number of nitrogens with zero attached hydrogens (tertiary/aromatic N) is 2. The quantitative estimate of drug-likeness (QED) is 0.856. The third-order valence-electron chi connectivity index (χ3n) is 2.81. The van der Waals surface area contributed by atoms with Crippen LogP contribution in [-0.4, -0.2) is 22.9 Å². The first kappa shape index (κ1) is 13.4. The fraction of sp³-hybridized carbons (Fsp3) is 0.308. The monoisotopic (exact) mass is 357 g/mol. The van der Waals surface area contributed by atoms with E-state index in [0.29, 0.717) is 0 Å². The lowest BCUT2D eigenvalue weighted by Gasteiger charge is -2.23. The van der Waals surface area contributed by atoms with Gasteiger partial charge in [-0.1, -0.05) is 18.2 Å². The molecule has 0 spiro atoms. The van der Waals surface area contributed by atoms with Gasteiger partial charge in [-0.15, -0.1) is 0 Å². The molecule has 1 heterocycles. The summed E-state index contributed by atoms with van der Waals surface area (Å²) < 4.78 is 8.39. The molecule has 0 saturated heterocycles. The maximum atomic E-state index is 6.11. The van der Waals surface area contributed by atoms with Gasteiger partial charge in [0.25, 0.3) is 0 Å². The topological polar surface area (TPSA) is 53.1 Å². The molecule has 0 aliphatic carbocycles. The van der Waals surface area contributed by atoms with Gasteiger partial charge in [-0.3, -0.25) is 4.68 Å². The second-order valence-corrected chi connectivity index (χ2v) is 5.43. The summed E-state index contributed by atoms with van der Waals surface area (Å²) in [6, 6.07) is 7.83. The molecule has 0 radical (unpaired) electrons. The average molecular weight is 357 g/mol. The Morgan fingerprint density at radius 3 is 2.67 bits per heavy atom. The van der Waals surface area contributed by atoms with E-state index in [0.717, 1.165) is 14.9 Å². The second-order valence-electron chi connectivity index (χ2n) is 4.18. The minimum Gasteiger partial charge on any atom is -0.496 e. The number of nitrogens with two attached hydrogens (primary N) is 1. The predicted octanol–water partition coefficient (Wildman–Crippen LogP) is 2.43. The molecule has 0 aliphatic rings. The van der Waals surface area contributed by atoms with E-state index in [-0.39, 0.29) is 12.1 Å². The Kier molecular flexibility index (Phi) is 4.23. The lowest BCUT2D eigenvalue weighted by atomic mass is 10.0. The molecule has 0 fully saturated rings. The molecule has 2 atom stereocenters. The normalized spacial score (nSPS) is 14.2. The Balaban J connectivity index is 2.48. The summed E-state index contributed by atoms with van der Waals surface area (Å²) in [5, 5.41) is 4.36. The number of methoxy groups -OCH3 is 1. The summed E-state index contributed by atoms with van der Waals surface area (Å²) >= 11 is 2.24. The van der Waals surface area contributed by atoms with E-state index in [4.69, 9.17) is 10.5 Å². The third kappa shape index (κ3) is 2.67. The number of halogens is 1. The molecule has 0 aliphatic heterocycles. The Bertz CT molecular complexity index is 524. The van der Waals surface area contributed by atoms with Gasteiger partial charge in [-0.2, -0.15) is 5.10 Å². The van der Waals surface area contributed by atoms with Crippen molar-refractivity contribution in [3.63, 3.8) is 0 Å². The molecule has 4 nitrogen and oxygen atoms in total. The molecule has 2 unspecified atom stereocenters. The Labute approximate surface area is 120 Å². The maximum absolute atomic E-state index is 6.11. The van der Waals surface area contributed by atoms with Crippen LogP contribution in [0.15, 0.2) is 36.7 Å². The first-order valence-corrected chi connectivity index (χ1v) is 6.79. The zero-order valence-electron chi connectivity index (χ0n) is 10.4. The van der Waals surface area contributed by atoms with Crippen molar-refractivity contribution in [3.8, 4) is 5.75 Å². The van der Waals surface area contributed by atoms with Gasteiger partial charge in [0.2, 0.25) is 0 Å². The van der Waals surface area contributed by atoms with E-state index in [1.165, 1.54) is 0 Å². The summed E-state index contributed by atoms with van der Waals surface area (Å²) in [5.41, 5.74) is 7.17. The molecule has 1 aromatic heterocycles. The third-order valence-corrected chi connectivity index (χ3v) is 3.37. The minimum atomic E-state index is -0.0583. The fourth-order valence-corrected chi connectivity index (χ4v) is 2.45. The van der Waals surface area contributed by atoms with Crippen molar-refractivity contribution >= 4 is 22.6 Å². The van der Waals surface area contributed by atoms with Gasteiger partial charge in [0, 0.05) is 17.8 Å². The molecule has 0 bridgehead atoms. The zero-order valence-corrected chi connectivity index (χ0v) is 12.5. The van der Waals surface area contributed by atoms with Crippen LogP contribution in [0.5, 0.6) is 5.75 Å². The smallest absolute Gasteiger partial charge is 0.124 e. The standard InChI is InChI=1S/C13H16IN3O/c1-9(15)13(17-8-10(14)7-16-17)11-5-3-4-6-12(11)18-2/h3-9,13H,15H2,1-2H3. The Hall–Kier alpha value is -1.08. The highest BCUT2D eigenvalue weighted by Gasteiger charge is 2.22. The molecule has 0 amide bonds. The van der Waals surface area contributed by atoms with E-state index in [1.807, 2.05) is 48.3 Å². The molecule has 2 aromatic rings. The highest BCUT2D eigenvalue weighted by atomic mass is 127. The maximum Gasteiger partial charge on any atom is 0.124 e. The van der Waals surface area contributed by atoms with Crippen LogP contribution < -0.4 is 10.5 Å². The van der Waals surface area contributed by atoms with Gasteiger partial charge in [-0.25, -0.2) is 0 Å². The van der Waals surface area contributed by atoms with Gasteiger partial charge in [0.15, 0.2) is 0 Å². The summed E-state index contributed by atoms with van der Waals surface area (Å²) in [5.74, 6) is 0.838. The van der Waals surface area contributed by atoms with Crippen molar-refractivity contribution < 1.29 is 4.74 Å². The van der Waals surface area contributed by atoms with E-state index in [2.05, 4.69) is 27.7 Å². The van der Waals surface area contributed by atoms with Crippen molar-refractivity contribution in [1.29, 1.82) is 0 Å². The molecule has 2 N–H and O–H groups in total. The van der Waals surface area contributed by atoms with E-state index in [9.17, 15) is 0 Å². The second kappa shape index (κ2) is 5.71. The van der Waals surface area contributed by atoms with Gasteiger partial charge in [0.05, 0.1) is 22.9 Å². The zero-order chi connectivity index (χ0) is 13.1. The Morgan fingerprint density at radius 2 is 2.11 bits per heavy atom. The number of rotatable bonds is 4. The Morgan fingerprint density at radius 1 is 1.39 bits per heavy atom. The summed E-state index contributed by atoms with van der Waals surface area (Å²) in [4.78, 5) is 0. The molecule has 1 aromatic carbocycles. The molecular formula is C13H16IN3O. The van der Waals surface area contributed by atoms with E-state index in [1.54, 1.807) is 7.11 Å².